The van der Waals surface area contributed by atoms with E-state index in [0.29, 0.717) is 5.92 Å². The number of fused-ring (bicyclic) bond motifs is 1. The molecule has 2 aromatic carbocycles. The minimum absolute atomic E-state index is 0.171. The van der Waals surface area contributed by atoms with Gasteiger partial charge < -0.3 is 4.57 Å². The lowest BCUT2D eigenvalue weighted by atomic mass is 9.96. The number of non-ortho nitro benzene ring substituents is 1. The summed E-state index contributed by atoms with van der Waals surface area (Å²) >= 11 is 0. The van der Waals surface area contributed by atoms with Gasteiger partial charge in [-0.05, 0) is 56.5 Å². The molecule has 3 aromatic rings. The summed E-state index contributed by atoms with van der Waals surface area (Å²) in [6.45, 7) is 5.92. The number of imidazole rings is 1. The molecule has 1 saturated heterocycles. The molecule has 0 unspecified atom stereocenters. The van der Waals surface area contributed by atoms with Crippen LogP contribution in [0.4, 0.5) is 5.69 Å². The molecular formula is C21H24N4O2. The zero-order valence-corrected chi connectivity index (χ0v) is 15.5. The molecule has 0 saturated carbocycles. The minimum atomic E-state index is -0.326. The van der Waals surface area contributed by atoms with Gasteiger partial charge in [-0.2, -0.15) is 0 Å². The fraction of sp³-hybridized carbons (Fsp3) is 0.381. The number of nitro benzene ring substituents is 1. The van der Waals surface area contributed by atoms with Crippen molar-refractivity contribution in [3.8, 4) is 0 Å². The standard InChI is InChI=1S/C21H24N4O2/c1-16-22-20-7-2-3-8-21(20)24(16)15-17-9-11-23(12-10-17)14-18-5-4-6-19(13-18)25(26)27/h2-8,13,17H,9-12,14-15H2,1H3. The van der Waals surface area contributed by atoms with Gasteiger partial charge >= 0.3 is 0 Å². The molecular weight excluding hydrogens is 340 g/mol. The maximum atomic E-state index is 10.9. The number of piperidine rings is 1. The summed E-state index contributed by atoms with van der Waals surface area (Å²) in [7, 11) is 0. The average molecular weight is 364 g/mol. The highest BCUT2D eigenvalue weighted by molar-refractivity contribution is 5.75. The Balaban J connectivity index is 1.37. The maximum absolute atomic E-state index is 10.9. The van der Waals surface area contributed by atoms with Gasteiger partial charge in [0.15, 0.2) is 0 Å². The zero-order chi connectivity index (χ0) is 18.8. The molecule has 1 aliphatic heterocycles. The van der Waals surface area contributed by atoms with Gasteiger partial charge in [0.1, 0.15) is 5.82 Å². The van der Waals surface area contributed by atoms with Gasteiger partial charge in [0.2, 0.25) is 0 Å². The lowest BCUT2D eigenvalue weighted by Crippen LogP contribution is -2.34. The van der Waals surface area contributed by atoms with Crippen LogP contribution in [0.25, 0.3) is 11.0 Å². The van der Waals surface area contributed by atoms with Crippen LogP contribution >= 0.6 is 0 Å². The van der Waals surface area contributed by atoms with Gasteiger partial charge in [0.25, 0.3) is 5.69 Å². The van der Waals surface area contributed by atoms with Crippen molar-refractivity contribution in [2.45, 2.75) is 32.9 Å². The number of nitrogens with zero attached hydrogens (tertiary/aromatic N) is 4. The van der Waals surface area contributed by atoms with Crippen molar-refractivity contribution >= 4 is 16.7 Å². The number of para-hydroxylation sites is 2. The van der Waals surface area contributed by atoms with E-state index >= 15 is 0 Å². The van der Waals surface area contributed by atoms with E-state index in [-0.39, 0.29) is 10.6 Å². The number of likely N-dealkylation sites (tertiary alicyclic amines) is 1. The topological polar surface area (TPSA) is 64.2 Å². The first-order chi connectivity index (χ1) is 13.1. The Morgan fingerprint density at radius 3 is 2.70 bits per heavy atom. The number of hydrogen-bond donors (Lipinski definition) is 0. The third-order valence-electron chi connectivity index (χ3n) is 5.52. The molecule has 0 amide bonds. The Morgan fingerprint density at radius 2 is 1.93 bits per heavy atom. The summed E-state index contributed by atoms with van der Waals surface area (Å²) in [6, 6.07) is 15.3. The second-order valence-electron chi connectivity index (χ2n) is 7.40. The summed E-state index contributed by atoms with van der Waals surface area (Å²) in [6.07, 6.45) is 2.28. The second kappa shape index (κ2) is 7.48. The van der Waals surface area contributed by atoms with Crippen LogP contribution in [0, 0.1) is 23.0 Å². The highest BCUT2D eigenvalue weighted by atomic mass is 16.6. The first-order valence-corrected chi connectivity index (χ1v) is 9.48. The van der Waals surface area contributed by atoms with Crippen molar-refractivity contribution < 1.29 is 4.92 Å². The van der Waals surface area contributed by atoms with Gasteiger partial charge in [0, 0.05) is 25.2 Å². The number of nitro groups is 1. The largest absolute Gasteiger partial charge is 0.328 e. The molecule has 6 heteroatoms. The molecule has 0 spiro atoms. The van der Waals surface area contributed by atoms with E-state index in [1.165, 1.54) is 5.52 Å². The normalized spacial score (nSPS) is 16.0. The van der Waals surface area contributed by atoms with E-state index in [1.54, 1.807) is 18.2 Å². The van der Waals surface area contributed by atoms with E-state index in [4.69, 9.17) is 0 Å². The fourth-order valence-corrected chi connectivity index (χ4v) is 4.04. The Hall–Kier alpha value is -2.73. The summed E-state index contributed by atoms with van der Waals surface area (Å²) in [5, 5.41) is 10.9. The van der Waals surface area contributed by atoms with Gasteiger partial charge in [-0.25, -0.2) is 4.98 Å². The molecule has 1 fully saturated rings. The van der Waals surface area contributed by atoms with Crippen LogP contribution < -0.4 is 0 Å². The summed E-state index contributed by atoms with van der Waals surface area (Å²) < 4.78 is 2.34. The number of rotatable bonds is 5. The molecule has 1 aliphatic rings. The van der Waals surface area contributed by atoms with E-state index in [1.807, 2.05) is 12.1 Å². The van der Waals surface area contributed by atoms with Crippen molar-refractivity contribution in [1.82, 2.24) is 14.5 Å². The molecule has 2 heterocycles. The summed E-state index contributed by atoms with van der Waals surface area (Å²) in [5.74, 6) is 1.72. The quantitative estimate of drug-likeness (QED) is 0.504. The molecule has 1 aromatic heterocycles. The second-order valence-corrected chi connectivity index (χ2v) is 7.40. The Kier molecular flexibility index (Phi) is 4.90. The molecule has 4 rings (SSSR count). The summed E-state index contributed by atoms with van der Waals surface area (Å²) in [4.78, 5) is 17.7. The van der Waals surface area contributed by atoms with Crippen LogP contribution in [-0.2, 0) is 13.1 Å². The van der Waals surface area contributed by atoms with E-state index in [0.717, 1.165) is 55.9 Å². The van der Waals surface area contributed by atoms with Crippen LogP contribution in [0.2, 0.25) is 0 Å². The van der Waals surface area contributed by atoms with Crippen LogP contribution in [0.5, 0.6) is 0 Å². The Morgan fingerprint density at radius 1 is 1.15 bits per heavy atom. The fourth-order valence-electron chi connectivity index (χ4n) is 4.04. The van der Waals surface area contributed by atoms with Gasteiger partial charge in [-0.3, -0.25) is 15.0 Å². The van der Waals surface area contributed by atoms with Crippen LogP contribution in [0.15, 0.2) is 48.5 Å². The van der Waals surface area contributed by atoms with Crippen LogP contribution in [0.1, 0.15) is 24.2 Å². The highest BCUT2D eigenvalue weighted by Crippen LogP contribution is 2.24. The molecule has 0 N–H and O–H groups in total. The van der Waals surface area contributed by atoms with Crippen LogP contribution in [0.3, 0.4) is 0 Å². The predicted octanol–water partition coefficient (Wildman–Crippen LogP) is 4.17. The average Bonchev–Trinajstić information content (AvgIpc) is 2.99. The molecule has 6 nitrogen and oxygen atoms in total. The van der Waals surface area contributed by atoms with Crippen molar-refractivity contribution in [1.29, 1.82) is 0 Å². The molecule has 0 bridgehead atoms. The van der Waals surface area contributed by atoms with E-state index in [2.05, 4.69) is 39.6 Å². The SMILES string of the molecule is Cc1nc2ccccc2n1CC1CCN(Cc2cccc([N+](=O)[O-])c2)CC1. The maximum Gasteiger partial charge on any atom is 0.269 e. The molecule has 0 aliphatic carbocycles. The zero-order valence-electron chi connectivity index (χ0n) is 15.5. The number of aryl methyl sites for hydroxylation is 1. The first-order valence-electron chi connectivity index (χ1n) is 9.48. The smallest absolute Gasteiger partial charge is 0.269 e. The molecule has 140 valence electrons. The highest BCUT2D eigenvalue weighted by Gasteiger charge is 2.21. The first kappa shape index (κ1) is 17.7. The third-order valence-corrected chi connectivity index (χ3v) is 5.52. The van der Waals surface area contributed by atoms with Gasteiger partial charge in [-0.1, -0.05) is 24.3 Å². The third kappa shape index (κ3) is 3.85. The van der Waals surface area contributed by atoms with Crippen LogP contribution in [-0.4, -0.2) is 32.5 Å². The van der Waals surface area contributed by atoms with E-state index < -0.39 is 0 Å². The van der Waals surface area contributed by atoms with Crippen molar-refractivity contribution in [3.05, 3.63) is 70.0 Å². The number of hydrogen-bond acceptors (Lipinski definition) is 4. The monoisotopic (exact) mass is 364 g/mol. The van der Waals surface area contributed by atoms with Crippen molar-refractivity contribution in [2.75, 3.05) is 13.1 Å². The Bertz CT molecular complexity index is 958. The molecule has 0 radical (unpaired) electrons. The van der Waals surface area contributed by atoms with E-state index in [9.17, 15) is 10.1 Å². The van der Waals surface area contributed by atoms with Gasteiger partial charge in [-0.15, -0.1) is 0 Å². The number of benzene rings is 2. The predicted molar refractivity (Wildman–Crippen MR) is 106 cm³/mol. The Labute approximate surface area is 158 Å². The molecule has 0 atom stereocenters. The van der Waals surface area contributed by atoms with Crippen molar-refractivity contribution in [3.63, 3.8) is 0 Å². The van der Waals surface area contributed by atoms with Gasteiger partial charge in [0.05, 0.1) is 16.0 Å². The lowest BCUT2D eigenvalue weighted by molar-refractivity contribution is -0.384. The molecule has 27 heavy (non-hydrogen) atoms. The minimum Gasteiger partial charge on any atom is -0.328 e. The number of aromatic nitrogens is 2. The summed E-state index contributed by atoms with van der Waals surface area (Å²) in [5.41, 5.74) is 3.47. The lowest BCUT2D eigenvalue weighted by Gasteiger charge is -2.32. The van der Waals surface area contributed by atoms with Crippen molar-refractivity contribution in [2.24, 2.45) is 5.92 Å².